The van der Waals surface area contributed by atoms with Crippen molar-refractivity contribution in [1.82, 2.24) is 19.4 Å². The van der Waals surface area contributed by atoms with Gasteiger partial charge in [-0.3, -0.25) is 9.48 Å². The first kappa shape index (κ1) is 17.6. The molecular weight excluding hydrogens is 296 g/mol. The highest BCUT2D eigenvalue weighted by atomic mass is 32.2. The Morgan fingerprint density at radius 2 is 2.19 bits per heavy atom. The molecule has 0 bridgehead atoms. The van der Waals surface area contributed by atoms with Crippen LogP contribution in [0.1, 0.15) is 19.8 Å². The summed E-state index contributed by atoms with van der Waals surface area (Å²) in [5.74, 6) is -0.953. The zero-order valence-corrected chi connectivity index (χ0v) is 13.3. The highest BCUT2D eigenvalue weighted by molar-refractivity contribution is 7.89. The summed E-state index contributed by atoms with van der Waals surface area (Å²) in [5.41, 5.74) is 0. The second-order valence-corrected chi connectivity index (χ2v) is 6.91. The van der Waals surface area contributed by atoms with Crippen LogP contribution in [-0.2, 0) is 21.4 Å². The molecule has 0 saturated heterocycles. The van der Waals surface area contributed by atoms with Gasteiger partial charge in [0.05, 0.1) is 19.2 Å². The number of nitrogens with zero attached hydrogens (tertiary/aromatic N) is 3. The van der Waals surface area contributed by atoms with E-state index >= 15 is 0 Å². The summed E-state index contributed by atoms with van der Waals surface area (Å²) in [6, 6.07) is -0.195. The molecule has 21 heavy (non-hydrogen) atoms. The molecule has 0 aliphatic rings. The lowest BCUT2D eigenvalue weighted by atomic mass is 10.2. The highest BCUT2D eigenvalue weighted by Gasteiger charge is 2.19. The van der Waals surface area contributed by atoms with Gasteiger partial charge in [0, 0.05) is 12.2 Å². The van der Waals surface area contributed by atoms with Crippen molar-refractivity contribution in [3.8, 4) is 0 Å². The number of carboxylic acids is 1. The summed E-state index contributed by atoms with van der Waals surface area (Å²) >= 11 is 0. The minimum absolute atomic E-state index is 0.0459. The van der Waals surface area contributed by atoms with Crippen LogP contribution < -0.4 is 4.72 Å². The molecule has 1 atom stereocenters. The maximum absolute atomic E-state index is 12.1. The standard InChI is InChI=1S/C12H22N4O4S/c1-10(4-6-15(2)3)14-21(19,20)11-8-13-16(9-11)7-5-12(17)18/h8-10,14H,4-7H2,1-3H3,(H,17,18). The van der Waals surface area contributed by atoms with Gasteiger partial charge >= 0.3 is 5.97 Å². The fraction of sp³-hybridized carbons (Fsp3) is 0.667. The number of aryl methyl sites for hydroxylation is 1. The molecule has 0 spiro atoms. The van der Waals surface area contributed by atoms with Gasteiger partial charge < -0.3 is 10.0 Å². The van der Waals surface area contributed by atoms with Crippen LogP contribution in [0.2, 0.25) is 0 Å². The Kier molecular flexibility index (Phi) is 6.31. The molecule has 120 valence electrons. The number of aliphatic carboxylic acids is 1. The number of rotatable bonds is 9. The molecular formula is C12H22N4O4S. The van der Waals surface area contributed by atoms with Crippen LogP contribution in [0.3, 0.4) is 0 Å². The Bertz CT molecular complexity index is 568. The van der Waals surface area contributed by atoms with E-state index in [1.807, 2.05) is 19.0 Å². The van der Waals surface area contributed by atoms with Crippen molar-refractivity contribution in [2.24, 2.45) is 0 Å². The Morgan fingerprint density at radius 3 is 2.76 bits per heavy atom. The fourth-order valence-corrected chi connectivity index (χ4v) is 2.89. The molecule has 1 aromatic heterocycles. The van der Waals surface area contributed by atoms with E-state index in [1.165, 1.54) is 17.1 Å². The lowest BCUT2D eigenvalue weighted by molar-refractivity contribution is -0.137. The maximum atomic E-state index is 12.1. The Labute approximate surface area is 124 Å². The van der Waals surface area contributed by atoms with E-state index in [9.17, 15) is 13.2 Å². The van der Waals surface area contributed by atoms with Crippen molar-refractivity contribution in [3.05, 3.63) is 12.4 Å². The molecule has 0 saturated carbocycles. The fourth-order valence-electron chi connectivity index (χ4n) is 1.66. The third-order valence-electron chi connectivity index (χ3n) is 2.84. The predicted octanol–water partition coefficient (Wildman–Crippen LogP) is -0.0237. The van der Waals surface area contributed by atoms with Gasteiger partial charge in [-0.05, 0) is 34.0 Å². The van der Waals surface area contributed by atoms with Crippen molar-refractivity contribution >= 4 is 16.0 Å². The van der Waals surface area contributed by atoms with Crippen molar-refractivity contribution in [1.29, 1.82) is 0 Å². The quantitative estimate of drug-likeness (QED) is 0.663. The lowest BCUT2D eigenvalue weighted by Gasteiger charge is -2.16. The van der Waals surface area contributed by atoms with Crippen LogP contribution in [0.15, 0.2) is 17.3 Å². The molecule has 0 aliphatic heterocycles. The molecule has 0 aromatic carbocycles. The number of sulfonamides is 1. The van der Waals surface area contributed by atoms with E-state index in [-0.39, 0.29) is 23.9 Å². The van der Waals surface area contributed by atoms with E-state index in [2.05, 4.69) is 9.82 Å². The molecule has 1 heterocycles. The van der Waals surface area contributed by atoms with E-state index < -0.39 is 16.0 Å². The molecule has 1 unspecified atom stereocenters. The van der Waals surface area contributed by atoms with Crippen LogP contribution in [0.5, 0.6) is 0 Å². The average molecular weight is 318 g/mol. The monoisotopic (exact) mass is 318 g/mol. The summed E-state index contributed by atoms with van der Waals surface area (Å²) in [4.78, 5) is 12.5. The van der Waals surface area contributed by atoms with Gasteiger partial charge in [0.2, 0.25) is 10.0 Å². The summed E-state index contributed by atoms with van der Waals surface area (Å²) in [7, 11) is 0.224. The van der Waals surface area contributed by atoms with Crippen molar-refractivity contribution < 1.29 is 18.3 Å². The topological polar surface area (TPSA) is 105 Å². The number of hydrogen-bond donors (Lipinski definition) is 2. The zero-order chi connectivity index (χ0) is 16.0. The van der Waals surface area contributed by atoms with Gasteiger partial charge in [0.1, 0.15) is 4.90 Å². The van der Waals surface area contributed by atoms with Gasteiger partial charge in [0.15, 0.2) is 0 Å². The third kappa shape index (κ3) is 6.23. The van der Waals surface area contributed by atoms with Crippen molar-refractivity contribution in [3.63, 3.8) is 0 Å². The van der Waals surface area contributed by atoms with Crippen LogP contribution in [0.4, 0.5) is 0 Å². The number of nitrogens with one attached hydrogen (secondary N) is 1. The molecule has 9 heteroatoms. The first-order valence-corrected chi connectivity index (χ1v) is 8.10. The SMILES string of the molecule is CC(CCN(C)C)NS(=O)(=O)c1cnn(CCC(=O)O)c1. The number of carbonyl (C=O) groups is 1. The van der Waals surface area contributed by atoms with E-state index in [4.69, 9.17) is 5.11 Å². The molecule has 0 aliphatic carbocycles. The van der Waals surface area contributed by atoms with Crippen LogP contribution in [0.25, 0.3) is 0 Å². The smallest absolute Gasteiger partial charge is 0.305 e. The van der Waals surface area contributed by atoms with E-state index in [0.29, 0.717) is 6.42 Å². The number of aromatic nitrogens is 2. The predicted molar refractivity (Wildman–Crippen MR) is 77.4 cm³/mol. The minimum Gasteiger partial charge on any atom is -0.481 e. The minimum atomic E-state index is -3.62. The molecule has 2 N–H and O–H groups in total. The Morgan fingerprint density at radius 1 is 1.52 bits per heavy atom. The van der Waals surface area contributed by atoms with Gasteiger partial charge in [-0.1, -0.05) is 0 Å². The van der Waals surface area contributed by atoms with Crippen LogP contribution in [0, 0.1) is 0 Å². The van der Waals surface area contributed by atoms with Gasteiger partial charge in [0.25, 0.3) is 0 Å². The summed E-state index contributed by atoms with van der Waals surface area (Å²) in [6.07, 6.45) is 3.15. The molecule has 1 rings (SSSR count). The first-order chi connectivity index (χ1) is 9.70. The molecule has 1 aromatic rings. The molecule has 0 radical (unpaired) electrons. The van der Waals surface area contributed by atoms with E-state index in [0.717, 1.165) is 6.54 Å². The molecule has 0 amide bonds. The largest absolute Gasteiger partial charge is 0.481 e. The third-order valence-corrected chi connectivity index (χ3v) is 4.38. The van der Waals surface area contributed by atoms with Crippen molar-refractivity contribution in [2.75, 3.05) is 20.6 Å². The van der Waals surface area contributed by atoms with Crippen molar-refractivity contribution in [2.45, 2.75) is 37.2 Å². The van der Waals surface area contributed by atoms with Gasteiger partial charge in [-0.15, -0.1) is 0 Å². The second kappa shape index (κ2) is 7.53. The first-order valence-electron chi connectivity index (χ1n) is 6.62. The Hall–Kier alpha value is -1.45. The second-order valence-electron chi connectivity index (χ2n) is 5.20. The molecule has 8 nitrogen and oxygen atoms in total. The summed E-state index contributed by atoms with van der Waals surface area (Å²) in [6.45, 7) is 2.72. The zero-order valence-electron chi connectivity index (χ0n) is 12.5. The lowest BCUT2D eigenvalue weighted by Crippen LogP contribution is -2.34. The van der Waals surface area contributed by atoms with E-state index in [1.54, 1.807) is 6.92 Å². The summed E-state index contributed by atoms with van der Waals surface area (Å²) in [5, 5.41) is 12.5. The average Bonchev–Trinajstić information content (AvgIpc) is 2.83. The number of hydrogen-bond acceptors (Lipinski definition) is 5. The summed E-state index contributed by atoms with van der Waals surface area (Å²) < 4.78 is 28.2. The Balaban J connectivity index is 2.63. The van der Waals surface area contributed by atoms with Crippen LogP contribution >= 0.6 is 0 Å². The van der Waals surface area contributed by atoms with Gasteiger partial charge in [-0.2, -0.15) is 5.10 Å². The maximum Gasteiger partial charge on any atom is 0.305 e. The normalized spacial score (nSPS) is 13.5. The highest BCUT2D eigenvalue weighted by Crippen LogP contribution is 2.09. The van der Waals surface area contributed by atoms with Crippen LogP contribution in [-0.4, -0.2) is 60.9 Å². The van der Waals surface area contributed by atoms with Gasteiger partial charge in [-0.25, -0.2) is 13.1 Å². The number of carboxylic acid groups (broad SMARTS) is 1. The molecule has 0 fully saturated rings.